The Balaban J connectivity index is 2.27. The Kier molecular flexibility index (Phi) is 3.82. The van der Waals surface area contributed by atoms with Gasteiger partial charge in [-0.05, 0) is 38.6 Å². The highest BCUT2D eigenvalue weighted by Gasteiger charge is 2.14. The maximum absolute atomic E-state index is 5.86. The molecule has 0 fully saturated rings. The van der Waals surface area contributed by atoms with E-state index in [0.29, 0.717) is 0 Å². The van der Waals surface area contributed by atoms with Crippen molar-refractivity contribution in [2.75, 3.05) is 20.8 Å². The van der Waals surface area contributed by atoms with Crippen LogP contribution in [0.15, 0.2) is 28.7 Å². The zero-order valence-corrected chi connectivity index (χ0v) is 10.6. The van der Waals surface area contributed by atoms with E-state index in [4.69, 9.17) is 9.15 Å². The van der Waals surface area contributed by atoms with Crippen LogP contribution in [0.2, 0.25) is 0 Å². The molecular weight excluding hydrogens is 214 g/mol. The van der Waals surface area contributed by atoms with Gasteiger partial charge in [0.15, 0.2) is 0 Å². The summed E-state index contributed by atoms with van der Waals surface area (Å²) in [5.74, 6) is 0.977. The number of hydrogen-bond donors (Lipinski definition) is 1. The summed E-state index contributed by atoms with van der Waals surface area (Å²) in [5, 5.41) is 4.42. The van der Waals surface area contributed by atoms with E-state index in [1.165, 1.54) is 5.56 Å². The fourth-order valence-corrected chi connectivity index (χ4v) is 2.02. The van der Waals surface area contributed by atoms with Crippen molar-refractivity contribution in [1.29, 1.82) is 0 Å². The van der Waals surface area contributed by atoms with Crippen LogP contribution in [0.1, 0.15) is 23.8 Å². The molecule has 0 aliphatic rings. The van der Waals surface area contributed by atoms with Crippen LogP contribution in [-0.4, -0.2) is 20.8 Å². The molecule has 0 radical (unpaired) electrons. The number of aryl methyl sites for hydroxylation is 1. The van der Waals surface area contributed by atoms with Crippen LogP contribution in [0.25, 0.3) is 11.0 Å². The SMILES string of the molecule is CNC(CCOC)c1cc2cc(C)ccc2o1. The predicted molar refractivity (Wildman–Crippen MR) is 69.2 cm³/mol. The van der Waals surface area contributed by atoms with E-state index in [9.17, 15) is 0 Å². The molecule has 0 bridgehead atoms. The number of ether oxygens (including phenoxy) is 1. The van der Waals surface area contributed by atoms with Gasteiger partial charge < -0.3 is 14.5 Å². The van der Waals surface area contributed by atoms with E-state index < -0.39 is 0 Å². The van der Waals surface area contributed by atoms with E-state index in [2.05, 4.69) is 30.4 Å². The molecule has 0 aliphatic carbocycles. The molecule has 92 valence electrons. The van der Waals surface area contributed by atoms with Crippen LogP contribution in [0.4, 0.5) is 0 Å². The van der Waals surface area contributed by atoms with E-state index in [1.807, 2.05) is 13.1 Å². The first-order valence-corrected chi connectivity index (χ1v) is 5.91. The number of hydrogen-bond acceptors (Lipinski definition) is 3. The summed E-state index contributed by atoms with van der Waals surface area (Å²) in [6, 6.07) is 8.56. The van der Waals surface area contributed by atoms with Crippen molar-refractivity contribution in [2.24, 2.45) is 0 Å². The van der Waals surface area contributed by atoms with Crippen LogP contribution in [0.3, 0.4) is 0 Å². The maximum Gasteiger partial charge on any atom is 0.134 e. The number of fused-ring (bicyclic) bond motifs is 1. The Morgan fingerprint density at radius 2 is 2.18 bits per heavy atom. The Labute approximate surface area is 102 Å². The number of methoxy groups -OCH3 is 1. The molecule has 1 aromatic carbocycles. The largest absolute Gasteiger partial charge is 0.459 e. The van der Waals surface area contributed by atoms with Crippen molar-refractivity contribution in [3.05, 3.63) is 35.6 Å². The Morgan fingerprint density at radius 1 is 1.35 bits per heavy atom. The second kappa shape index (κ2) is 5.34. The fourth-order valence-electron chi connectivity index (χ4n) is 2.02. The average Bonchev–Trinajstić information content (AvgIpc) is 2.72. The third-order valence-electron chi connectivity index (χ3n) is 2.99. The van der Waals surface area contributed by atoms with E-state index in [0.717, 1.165) is 29.8 Å². The van der Waals surface area contributed by atoms with Gasteiger partial charge in [-0.3, -0.25) is 0 Å². The highest BCUT2D eigenvalue weighted by Crippen LogP contribution is 2.26. The van der Waals surface area contributed by atoms with E-state index in [1.54, 1.807) is 7.11 Å². The van der Waals surface area contributed by atoms with Gasteiger partial charge in [-0.2, -0.15) is 0 Å². The van der Waals surface area contributed by atoms with Crippen molar-refractivity contribution in [1.82, 2.24) is 5.32 Å². The second-order valence-corrected chi connectivity index (χ2v) is 4.31. The normalized spacial score (nSPS) is 13.1. The third kappa shape index (κ3) is 2.68. The summed E-state index contributed by atoms with van der Waals surface area (Å²) in [5.41, 5.74) is 2.20. The molecule has 2 rings (SSSR count). The van der Waals surface area contributed by atoms with Gasteiger partial charge in [-0.15, -0.1) is 0 Å². The second-order valence-electron chi connectivity index (χ2n) is 4.31. The molecule has 1 aromatic heterocycles. The van der Waals surface area contributed by atoms with Crippen LogP contribution in [-0.2, 0) is 4.74 Å². The average molecular weight is 233 g/mol. The quantitative estimate of drug-likeness (QED) is 0.862. The summed E-state index contributed by atoms with van der Waals surface area (Å²) in [4.78, 5) is 0. The molecule has 0 saturated carbocycles. The Bertz CT molecular complexity index is 490. The monoisotopic (exact) mass is 233 g/mol. The molecule has 3 nitrogen and oxygen atoms in total. The van der Waals surface area contributed by atoms with Crippen LogP contribution in [0.5, 0.6) is 0 Å². The zero-order chi connectivity index (χ0) is 12.3. The van der Waals surface area contributed by atoms with Crippen molar-refractivity contribution < 1.29 is 9.15 Å². The molecule has 0 amide bonds. The molecule has 17 heavy (non-hydrogen) atoms. The molecule has 1 N–H and O–H groups in total. The first-order chi connectivity index (χ1) is 8.24. The summed E-state index contributed by atoms with van der Waals surface area (Å²) >= 11 is 0. The van der Waals surface area contributed by atoms with Crippen molar-refractivity contribution >= 4 is 11.0 Å². The zero-order valence-electron chi connectivity index (χ0n) is 10.6. The topological polar surface area (TPSA) is 34.4 Å². The molecule has 0 spiro atoms. The lowest BCUT2D eigenvalue weighted by molar-refractivity contribution is 0.180. The Hall–Kier alpha value is -1.32. The maximum atomic E-state index is 5.86. The lowest BCUT2D eigenvalue weighted by atomic mass is 10.1. The minimum Gasteiger partial charge on any atom is -0.459 e. The highest BCUT2D eigenvalue weighted by molar-refractivity contribution is 5.78. The first kappa shape index (κ1) is 12.1. The third-order valence-corrected chi connectivity index (χ3v) is 2.99. The predicted octanol–water partition coefficient (Wildman–Crippen LogP) is 3.04. The molecule has 3 heteroatoms. The Morgan fingerprint density at radius 3 is 2.88 bits per heavy atom. The van der Waals surface area contributed by atoms with Crippen molar-refractivity contribution in [3.63, 3.8) is 0 Å². The lowest BCUT2D eigenvalue weighted by Gasteiger charge is -2.12. The van der Waals surface area contributed by atoms with Crippen molar-refractivity contribution in [2.45, 2.75) is 19.4 Å². The molecule has 0 saturated heterocycles. The molecule has 1 heterocycles. The van der Waals surface area contributed by atoms with Crippen LogP contribution in [0, 0.1) is 6.92 Å². The summed E-state index contributed by atoms with van der Waals surface area (Å²) in [6.45, 7) is 2.81. The van der Waals surface area contributed by atoms with Gasteiger partial charge in [0.1, 0.15) is 11.3 Å². The molecule has 0 aliphatic heterocycles. The molecular formula is C14H19NO2. The van der Waals surface area contributed by atoms with Gasteiger partial charge in [0, 0.05) is 19.1 Å². The van der Waals surface area contributed by atoms with Crippen molar-refractivity contribution in [3.8, 4) is 0 Å². The van der Waals surface area contributed by atoms with Gasteiger partial charge in [0.05, 0.1) is 6.04 Å². The fraction of sp³-hybridized carbons (Fsp3) is 0.429. The number of nitrogens with one attached hydrogen (secondary N) is 1. The first-order valence-electron chi connectivity index (χ1n) is 5.91. The van der Waals surface area contributed by atoms with Gasteiger partial charge in [0.25, 0.3) is 0 Å². The number of furan rings is 1. The summed E-state index contributed by atoms with van der Waals surface area (Å²) in [7, 11) is 3.66. The molecule has 1 unspecified atom stereocenters. The van der Waals surface area contributed by atoms with Gasteiger partial charge >= 0.3 is 0 Å². The lowest BCUT2D eigenvalue weighted by Crippen LogP contribution is -2.17. The summed E-state index contributed by atoms with van der Waals surface area (Å²) in [6.07, 6.45) is 0.909. The minimum absolute atomic E-state index is 0.211. The van der Waals surface area contributed by atoms with Crippen LogP contribution >= 0.6 is 0 Å². The van der Waals surface area contributed by atoms with E-state index >= 15 is 0 Å². The van der Waals surface area contributed by atoms with Gasteiger partial charge in [0.2, 0.25) is 0 Å². The standard InChI is InChI=1S/C14H19NO2/c1-10-4-5-13-11(8-10)9-14(17-13)12(15-2)6-7-16-3/h4-5,8-9,12,15H,6-7H2,1-3H3. The minimum atomic E-state index is 0.211. The van der Waals surface area contributed by atoms with Crippen LogP contribution < -0.4 is 5.32 Å². The molecule has 1 atom stereocenters. The number of rotatable bonds is 5. The number of benzene rings is 1. The molecule has 2 aromatic rings. The van der Waals surface area contributed by atoms with E-state index in [-0.39, 0.29) is 6.04 Å². The van der Waals surface area contributed by atoms with Gasteiger partial charge in [-0.1, -0.05) is 11.6 Å². The highest BCUT2D eigenvalue weighted by atomic mass is 16.5. The van der Waals surface area contributed by atoms with Gasteiger partial charge in [-0.25, -0.2) is 0 Å². The summed E-state index contributed by atoms with van der Waals surface area (Å²) < 4.78 is 11.0. The smallest absolute Gasteiger partial charge is 0.134 e.